The Balaban J connectivity index is 2.48. The highest BCUT2D eigenvalue weighted by Crippen LogP contribution is 2.36. The lowest BCUT2D eigenvalue weighted by atomic mass is 9.89. The highest BCUT2D eigenvalue weighted by molar-refractivity contribution is 5.67. The summed E-state index contributed by atoms with van der Waals surface area (Å²) in [6.45, 7) is 2.07. The molecule has 1 rings (SSSR count). The van der Waals surface area contributed by atoms with Gasteiger partial charge in [0.1, 0.15) is 0 Å². The zero-order valence-corrected chi connectivity index (χ0v) is 9.22. The van der Waals surface area contributed by atoms with Gasteiger partial charge in [0.25, 0.3) is 0 Å². The molecule has 2 N–H and O–H groups in total. The summed E-state index contributed by atoms with van der Waals surface area (Å²) in [6, 6.07) is 0. The SMILES string of the molecule is CC/C=C/C[C@@H]1[C@@H](CC(=O)O)CC[C@@H]1O. The number of allylic oxidation sites excluding steroid dienone is 2. The van der Waals surface area contributed by atoms with Crippen molar-refractivity contribution in [1.82, 2.24) is 0 Å². The Bertz CT molecular complexity index is 235. The van der Waals surface area contributed by atoms with Gasteiger partial charge < -0.3 is 10.2 Å². The number of hydrogen-bond acceptors (Lipinski definition) is 2. The standard InChI is InChI=1S/C12H20O3/c1-2-3-4-5-10-9(8-12(14)15)6-7-11(10)13/h3-4,9-11,13H,2,5-8H2,1H3,(H,14,15)/b4-3+/t9-,10-,11+/m1/s1. The molecule has 0 saturated heterocycles. The van der Waals surface area contributed by atoms with Gasteiger partial charge in [0.2, 0.25) is 0 Å². The van der Waals surface area contributed by atoms with Gasteiger partial charge in [-0.1, -0.05) is 19.1 Å². The molecule has 0 radical (unpaired) electrons. The Morgan fingerprint density at radius 1 is 1.40 bits per heavy atom. The largest absolute Gasteiger partial charge is 0.481 e. The average molecular weight is 212 g/mol. The van der Waals surface area contributed by atoms with E-state index in [0.717, 1.165) is 25.7 Å². The normalized spacial score (nSPS) is 31.2. The summed E-state index contributed by atoms with van der Waals surface area (Å²) in [5.41, 5.74) is 0. The monoisotopic (exact) mass is 212 g/mol. The minimum atomic E-state index is -0.751. The van der Waals surface area contributed by atoms with Crippen molar-refractivity contribution in [2.45, 2.75) is 45.1 Å². The van der Waals surface area contributed by atoms with Crippen LogP contribution >= 0.6 is 0 Å². The second-order valence-corrected chi connectivity index (χ2v) is 4.28. The second-order valence-electron chi connectivity index (χ2n) is 4.28. The number of carboxylic acid groups (broad SMARTS) is 1. The molecule has 0 unspecified atom stereocenters. The van der Waals surface area contributed by atoms with Gasteiger partial charge in [-0.3, -0.25) is 4.79 Å². The third kappa shape index (κ3) is 3.67. The van der Waals surface area contributed by atoms with Crippen LogP contribution in [-0.2, 0) is 4.79 Å². The highest BCUT2D eigenvalue weighted by atomic mass is 16.4. The zero-order chi connectivity index (χ0) is 11.3. The summed E-state index contributed by atoms with van der Waals surface area (Å²) < 4.78 is 0. The van der Waals surface area contributed by atoms with Gasteiger partial charge in [-0.15, -0.1) is 0 Å². The van der Waals surface area contributed by atoms with Gasteiger partial charge in [-0.05, 0) is 37.5 Å². The van der Waals surface area contributed by atoms with Crippen molar-refractivity contribution in [3.05, 3.63) is 12.2 Å². The van der Waals surface area contributed by atoms with Gasteiger partial charge in [0.15, 0.2) is 0 Å². The molecule has 86 valence electrons. The van der Waals surface area contributed by atoms with Crippen LogP contribution in [0.3, 0.4) is 0 Å². The van der Waals surface area contributed by atoms with E-state index in [9.17, 15) is 9.90 Å². The van der Waals surface area contributed by atoms with E-state index in [0.29, 0.717) is 0 Å². The third-order valence-electron chi connectivity index (χ3n) is 3.18. The molecule has 15 heavy (non-hydrogen) atoms. The van der Waals surface area contributed by atoms with Gasteiger partial charge in [-0.25, -0.2) is 0 Å². The van der Waals surface area contributed by atoms with Crippen LogP contribution < -0.4 is 0 Å². The van der Waals surface area contributed by atoms with Crippen LogP contribution in [0, 0.1) is 11.8 Å². The number of aliphatic carboxylic acids is 1. The topological polar surface area (TPSA) is 57.5 Å². The van der Waals surface area contributed by atoms with Crippen molar-refractivity contribution >= 4 is 5.97 Å². The Kier molecular flexibility index (Phi) is 4.82. The number of aliphatic hydroxyl groups is 1. The minimum Gasteiger partial charge on any atom is -0.481 e. The summed E-state index contributed by atoms with van der Waals surface area (Å²) in [4.78, 5) is 10.6. The molecule has 3 atom stereocenters. The molecular weight excluding hydrogens is 192 g/mol. The van der Waals surface area contributed by atoms with Crippen LogP contribution in [0.2, 0.25) is 0 Å². The van der Waals surface area contributed by atoms with Crippen molar-refractivity contribution in [2.75, 3.05) is 0 Å². The van der Waals surface area contributed by atoms with E-state index < -0.39 is 5.97 Å². The molecule has 0 aromatic heterocycles. The van der Waals surface area contributed by atoms with Crippen molar-refractivity contribution in [2.24, 2.45) is 11.8 Å². The fourth-order valence-corrected chi connectivity index (χ4v) is 2.37. The Hall–Kier alpha value is -0.830. The minimum absolute atomic E-state index is 0.142. The van der Waals surface area contributed by atoms with E-state index in [1.54, 1.807) is 0 Å². The molecule has 0 bridgehead atoms. The number of rotatable bonds is 5. The lowest BCUT2D eigenvalue weighted by molar-refractivity contribution is -0.138. The van der Waals surface area contributed by atoms with Crippen LogP contribution in [0.4, 0.5) is 0 Å². The predicted octanol–water partition coefficient (Wildman–Crippen LogP) is 2.20. The molecule has 0 aliphatic heterocycles. The summed E-state index contributed by atoms with van der Waals surface area (Å²) in [5, 5.41) is 18.5. The van der Waals surface area contributed by atoms with Crippen molar-refractivity contribution in [1.29, 1.82) is 0 Å². The van der Waals surface area contributed by atoms with E-state index in [1.165, 1.54) is 0 Å². The maximum absolute atomic E-state index is 10.6. The van der Waals surface area contributed by atoms with E-state index in [-0.39, 0.29) is 24.4 Å². The van der Waals surface area contributed by atoms with Crippen LogP contribution in [0.1, 0.15) is 39.0 Å². The molecule has 1 aliphatic rings. The summed E-state index contributed by atoms with van der Waals surface area (Å²) in [5.74, 6) is -0.457. The molecule has 3 heteroatoms. The Morgan fingerprint density at radius 3 is 2.73 bits per heavy atom. The molecule has 0 aromatic rings. The van der Waals surface area contributed by atoms with Gasteiger partial charge >= 0.3 is 5.97 Å². The van der Waals surface area contributed by atoms with Crippen molar-refractivity contribution < 1.29 is 15.0 Å². The van der Waals surface area contributed by atoms with E-state index in [2.05, 4.69) is 19.1 Å². The summed E-state index contributed by atoms with van der Waals surface area (Å²) in [7, 11) is 0. The third-order valence-corrected chi connectivity index (χ3v) is 3.18. The summed E-state index contributed by atoms with van der Waals surface area (Å²) in [6.07, 6.45) is 7.43. The van der Waals surface area contributed by atoms with Crippen LogP contribution in [0.15, 0.2) is 12.2 Å². The number of hydrogen-bond donors (Lipinski definition) is 2. The smallest absolute Gasteiger partial charge is 0.303 e. The van der Waals surface area contributed by atoms with Crippen LogP contribution in [0.5, 0.6) is 0 Å². The second kappa shape index (κ2) is 5.91. The average Bonchev–Trinajstić information content (AvgIpc) is 2.49. The van der Waals surface area contributed by atoms with Crippen LogP contribution in [-0.4, -0.2) is 22.3 Å². The number of carboxylic acids is 1. The molecule has 0 spiro atoms. The van der Waals surface area contributed by atoms with Gasteiger partial charge in [0, 0.05) is 6.42 Å². The molecule has 0 aromatic carbocycles. The maximum atomic E-state index is 10.6. The molecular formula is C12H20O3. The first-order chi connectivity index (χ1) is 7.15. The molecule has 1 fully saturated rings. The van der Waals surface area contributed by atoms with Crippen molar-refractivity contribution in [3.8, 4) is 0 Å². The lowest BCUT2D eigenvalue weighted by Crippen LogP contribution is -2.20. The van der Waals surface area contributed by atoms with E-state index >= 15 is 0 Å². The van der Waals surface area contributed by atoms with E-state index in [4.69, 9.17) is 5.11 Å². The molecule has 0 amide bonds. The fraction of sp³-hybridized carbons (Fsp3) is 0.750. The van der Waals surface area contributed by atoms with E-state index in [1.807, 2.05) is 0 Å². The summed E-state index contributed by atoms with van der Waals surface area (Å²) >= 11 is 0. The Morgan fingerprint density at radius 2 is 2.13 bits per heavy atom. The Labute approximate surface area is 90.8 Å². The molecule has 0 heterocycles. The predicted molar refractivity (Wildman–Crippen MR) is 58.5 cm³/mol. The first kappa shape index (κ1) is 12.2. The lowest BCUT2D eigenvalue weighted by Gasteiger charge is -2.18. The number of carbonyl (C=O) groups is 1. The fourth-order valence-electron chi connectivity index (χ4n) is 2.37. The maximum Gasteiger partial charge on any atom is 0.303 e. The molecule has 1 saturated carbocycles. The highest BCUT2D eigenvalue weighted by Gasteiger charge is 2.34. The molecule has 3 nitrogen and oxygen atoms in total. The first-order valence-electron chi connectivity index (χ1n) is 5.70. The zero-order valence-electron chi connectivity index (χ0n) is 9.22. The van der Waals surface area contributed by atoms with Gasteiger partial charge in [0.05, 0.1) is 6.10 Å². The quantitative estimate of drug-likeness (QED) is 0.687. The number of aliphatic hydroxyl groups excluding tert-OH is 1. The molecule has 1 aliphatic carbocycles. The van der Waals surface area contributed by atoms with Crippen LogP contribution in [0.25, 0.3) is 0 Å². The van der Waals surface area contributed by atoms with Gasteiger partial charge in [-0.2, -0.15) is 0 Å². The first-order valence-corrected chi connectivity index (χ1v) is 5.70. The van der Waals surface area contributed by atoms with Crippen molar-refractivity contribution in [3.63, 3.8) is 0 Å².